The van der Waals surface area contributed by atoms with Crippen LogP contribution in [0.3, 0.4) is 0 Å². The molecular weight excluding hydrogens is 310 g/mol. The largest absolute Gasteiger partial charge is 0.355 e. The van der Waals surface area contributed by atoms with Crippen molar-refractivity contribution >= 4 is 16.9 Å². The summed E-state index contributed by atoms with van der Waals surface area (Å²) >= 11 is 0. The number of anilines is 1. The predicted molar refractivity (Wildman–Crippen MR) is 101 cm³/mol. The van der Waals surface area contributed by atoms with Gasteiger partial charge in [0.1, 0.15) is 12.1 Å². The van der Waals surface area contributed by atoms with E-state index in [2.05, 4.69) is 65.9 Å². The first-order valence-corrected chi connectivity index (χ1v) is 9.04. The minimum absolute atomic E-state index is 0.683. The summed E-state index contributed by atoms with van der Waals surface area (Å²) in [4.78, 5) is 11.5. The summed E-state index contributed by atoms with van der Waals surface area (Å²) in [5, 5.41) is 5.67. The van der Waals surface area contributed by atoms with Crippen molar-refractivity contribution in [2.24, 2.45) is 11.8 Å². The molecule has 0 amide bonds. The molecule has 0 unspecified atom stereocenters. The zero-order valence-corrected chi connectivity index (χ0v) is 15.4. The number of aryl methyl sites for hydroxylation is 2. The topological polar surface area (TPSA) is 46.8 Å². The Morgan fingerprint density at radius 1 is 1.04 bits per heavy atom. The standard InChI is InChI=1S/C20H25N5/c1-13-5-6-18(16(4)8-13)25-20-17(9-23-25)19(21-12-22-20)24-10-14(2)7-15(3)11-24/h5-6,8-9,12,14-15H,7,10-11H2,1-4H3/t14-,15+. The molecule has 1 aliphatic heterocycles. The lowest BCUT2D eigenvalue weighted by molar-refractivity contribution is 0.356. The Balaban J connectivity index is 1.81. The monoisotopic (exact) mass is 335 g/mol. The van der Waals surface area contributed by atoms with Crippen molar-refractivity contribution in [1.29, 1.82) is 0 Å². The van der Waals surface area contributed by atoms with Crippen molar-refractivity contribution in [1.82, 2.24) is 19.7 Å². The number of hydrogen-bond acceptors (Lipinski definition) is 4. The highest BCUT2D eigenvalue weighted by molar-refractivity contribution is 5.87. The summed E-state index contributed by atoms with van der Waals surface area (Å²) in [5.74, 6) is 2.38. The van der Waals surface area contributed by atoms with Gasteiger partial charge in [-0.1, -0.05) is 31.5 Å². The molecule has 2 atom stereocenters. The van der Waals surface area contributed by atoms with Gasteiger partial charge < -0.3 is 4.90 Å². The second-order valence-electron chi connectivity index (χ2n) is 7.63. The summed E-state index contributed by atoms with van der Waals surface area (Å²) in [6.07, 6.45) is 4.86. The highest BCUT2D eigenvalue weighted by Crippen LogP contribution is 2.30. The van der Waals surface area contributed by atoms with E-state index in [0.29, 0.717) is 11.8 Å². The van der Waals surface area contributed by atoms with Crippen LogP contribution in [0.4, 0.5) is 5.82 Å². The molecule has 0 N–H and O–H groups in total. The Morgan fingerprint density at radius 3 is 2.52 bits per heavy atom. The van der Waals surface area contributed by atoms with Crippen molar-refractivity contribution in [2.45, 2.75) is 34.1 Å². The van der Waals surface area contributed by atoms with Crippen molar-refractivity contribution in [3.8, 4) is 5.69 Å². The second kappa shape index (κ2) is 6.14. The van der Waals surface area contributed by atoms with Gasteiger partial charge in [0, 0.05) is 13.1 Å². The average Bonchev–Trinajstić information content (AvgIpc) is 2.98. The molecule has 1 saturated heterocycles. The first-order valence-electron chi connectivity index (χ1n) is 9.04. The summed E-state index contributed by atoms with van der Waals surface area (Å²) < 4.78 is 1.94. The number of rotatable bonds is 2. The Morgan fingerprint density at radius 2 is 1.80 bits per heavy atom. The molecule has 0 bridgehead atoms. The maximum absolute atomic E-state index is 4.64. The second-order valence-corrected chi connectivity index (χ2v) is 7.63. The van der Waals surface area contributed by atoms with Gasteiger partial charge in [-0.2, -0.15) is 5.10 Å². The lowest BCUT2D eigenvalue weighted by Crippen LogP contribution is -2.39. The van der Waals surface area contributed by atoms with E-state index in [-0.39, 0.29) is 0 Å². The lowest BCUT2D eigenvalue weighted by atomic mass is 9.92. The van der Waals surface area contributed by atoms with Crippen LogP contribution in [0.1, 0.15) is 31.4 Å². The van der Waals surface area contributed by atoms with Gasteiger partial charge in [-0.05, 0) is 43.7 Å². The van der Waals surface area contributed by atoms with Crippen LogP contribution in [0.2, 0.25) is 0 Å². The Labute approximate surface area is 148 Å². The fourth-order valence-electron chi connectivity index (χ4n) is 4.14. The fraction of sp³-hybridized carbons (Fsp3) is 0.450. The van der Waals surface area contributed by atoms with E-state index in [1.165, 1.54) is 17.5 Å². The molecule has 0 aliphatic carbocycles. The zero-order valence-electron chi connectivity index (χ0n) is 15.4. The van der Waals surface area contributed by atoms with E-state index in [1.807, 2.05) is 10.9 Å². The van der Waals surface area contributed by atoms with E-state index in [9.17, 15) is 0 Å². The normalized spacial score (nSPS) is 21.0. The first kappa shape index (κ1) is 16.1. The van der Waals surface area contributed by atoms with Crippen LogP contribution in [-0.2, 0) is 0 Å². The smallest absolute Gasteiger partial charge is 0.168 e. The van der Waals surface area contributed by atoms with Gasteiger partial charge in [-0.15, -0.1) is 0 Å². The minimum atomic E-state index is 0.683. The third-order valence-electron chi connectivity index (χ3n) is 5.09. The molecule has 5 heteroatoms. The molecule has 130 valence electrons. The van der Waals surface area contributed by atoms with E-state index in [1.54, 1.807) is 6.33 Å². The Kier molecular flexibility index (Phi) is 3.94. The van der Waals surface area contributed by atoms with Crippen LogP contribution in [0, 0.1) is 25.7 Å². The van der Waals surface area contributed by atoms with Gasteiger partial charge in [-0.25, -0.2) is 14.6 Å². The van der Waals surface area contributed by atoms with Gasteiger partial charge in [0.2, 0.25) is 0 Å². The number of benzene rings is 1. The van der Waals surface area contributed by atoms with E-state index < -0.39 is 0 Å². The van der Waals surface area contributed by atoms with Crippen LogP contribution in [0.25, 0.3) is 16.7 Å². The maximum Gasteiger partial charge on any atom is 0.168 e. The molecule has 1 aliphatic rings. The zero-order chi connectivity index (χ0) is 17.6. The van der Waals surface area contributed by atoms with Crippen LogP contribution < -0.4 is 4.90 Å². The van der Waals surface area contributed by atoms with Crippen molar-refractivity contribution in [2.75, 3.05) is 18.0 Å². The van der Waals surface area contributed by atoms with Gasteiger partial charge in [0.25, 0.3) is 0 Å². The molecule has 1 aromatic carbocycles. The highest BCUT2D eigenvalue weighted by Gasteiger charge is 2.25. The SMILES string of the molecule is Cc1ccc(-n2ncc3c(N4C[C@H](C)C[C@H](C)C4)ncnc32)c(C)c1. The number of hydrogen-bond donors (Lipinski definition) is 0. The molecular formula is C20H25N5. The summed E-state index contributed by atoms with van der Waals surface area (Å²) in [7, 11) is 0. The molecule has 4 rings (SSSR count). The third-order valence-corrected chi connectivity index (χ3v) is 5.09. The molecule has 3 heterocycles. The lowest BCUT2D eigenvalue weighted by Gasteiger charge is -2.35. The molecule has 0 spiro atoms. The average molecular weight is 335 g/mol. The quantitative estimate of drug-likeness (QED) is 0.712. The minimum Gasteiger partial charge on any atom is -0.355 e. The number of aromatic nitrogens is 4. The maximum atomic E-state index is 4.64. The Bertz CT molecular complexity index is 904. The summed E-state index contributed by atoms with van der Waals surface area (Å²) in [5.41, 5.74) is 4.41. The van der Waals surface area contributed by atoms with E-state index in [4.69, 9.17) is 0 Å². The molecule has 0 radical (unpaired) electrons. The van der Waals surface area contributed by atoms with Gasteiger partial charge >= 0.3 is 0 Å². The first-order chi connectivity index (χ1) is 12.0. The van der Waals surface area contributed by atoms with Crippen molar-refractivity contribution in [3.05, 3.63) is 41.9 Å². The van der Waals surface area contributed by atoms with Gasteiger partial charge in [0.05, 0.1) is 17.3 Å². The van der Waals surface area contributed by atoms with Crippen LogP contribution in [0.5, 0.6) is 0 Å². The molecule has 3 aromatic rings. The molecule has 0 saturated carbocycles. The highest BCUT2D eigenvalue weighted by atomic mass is 15.3. The molecule has 5 nitrogen and oxygen atoms in total. The van der Waals surface area contributed by atoms with Crippen LogP contribution in [-0.4, -0.2) is 32.8 Å². The fourth-order valence-corrected chi connectivity index (χ4v) is 4.14. The van der Waals surface area contributed by atoms with Crippen molar-refractivity contribution < 1.29 is 0 Å². The third kappa shape index (κ3) is 2.88. The van der Waals surface area contributed by atoms with Crippen LogP contribution >= 0.6 is 0 Å². The van der Waals surface area contributed by atoms with Gasteiger partial charge in [0.15, 0.2) is 5.65 Å². The number of fused-ring (bicyclic) bond motifs is 1. The summed E-state index contributed by atoms with van der Waals surface area (Å²) in [6.45, 7) is 11.0. The van der Waals surface area contributed by atoms with Gasteiger partial charge in [-0.3, -0.25) is 0 Å². The van der Waals surface area contributed by atoms with E-state index in [0.717, 1.165) is 35.6 Å². The summed E-state index contributed by atoms with van der Waals surface area (Å²) in [6, 6.07) is 6.41. The predicted octanol–water partition coefficient (Wildman–Crippen LogP) is 3.91. The number of nitrogens with zero attached hydrogens (tertiary/aromatic N) is 5. The molecule has 25 heavy (non-hydrogen) atoms. The molecule has 2 aromatic heterocycles. The molecule has 1 fully saturated rings. The Hall–Kier alpha value is -2.43. The van der Waals surface area contributed by atoms with Crippen LogP contribution in [0.15, 0.2) is 30.7 Å². The number of piperidine rings is 1. The van der Waals surface area contributed by atoms with E-state index >= 15 is 0 Å². The van der Waals surface area contributed by atoms with Crippen molar-refractivity contribution in [3.63, 3.8) is 0 Å².